The fourth-order valence-electron chi connectivity index (χ4n) is 4.86. The lowest BCUT2D eigenvalue weighted by Gasteiger charge is -2.24. The van der Waals surface area contributed by atoms with E-state index < -0.39 is 0 Å². The third-order valence-electron chi connectivity index (χ3n) is 6.85. The summed E-state index contributed by atoms with van der Waals surface area (Å²) >= 11 is 0. The number of fused-ring (bicyclic) bond motifs is 2. The van der Waals surface area contributed by atoms with Gasteiger partial charge >= 0.3 is 0 Å². The summed E-state index contributed by atoms with van der Waals surface area (Å²) in [7, 11) is 1.61. The van der Waals surface area contributed by atoms with Gasteiger partial charge < -0.3 is 24.3 Å². The summed E-state index contributed by atoms with van der Waals surface area (Å²) in [6.07, 6.45) is 5.33. The first-order chi connectivity index (χ1) is 19.0. The quantitative estimate of drug-likeness (QED) is 0.291. The summed E-state index contributed by atoms with van der Waals surface area (Å²) in [6, 6.07) is 8.47. The van der Waals surface area contributed by atoms with Gasteiger partial charge in [0.1, 0.15) is 30.3 Å². The number of allylic oxidation sites excluding steroid dienone is 1. The van der Waals surface area contributed by atoms with Crippen molar-refractivity contribution in [3.05, 3.63) is 65.8 Å². The number of aryl methyl sites for hydroxylation is 1. The van der Waals surface area contributed by atoms with Crippen molar-refractivity contribution >= 4 is 28.2 Å². The van der Waals surface area contributed by atoms with Crippen LogP contribution in [-0.2, 0) is 25.4 Å². The number of likely N-dealkylation sites (tertiary alicyclic amines) is 1. The Morgan fingerprint density at radius 2 is 1.95 bits per heavy atom. The molecule has 2 aliphatic heterocycles. The molecule has 2 aromatic carbocycles. The number of anilines is 2. The Hall–Kier alpha value is -3.44. The molecule has 5 rings (SSSR count). The molecule has 2 saturated heterocycles. The van der Waals surface area contributed by atoms with Crippen LogP contribution in [0.3, 0.4) is 0 Å². The first-order valence-corrected chi connectivity index (χ1v) is 13.1. The van der Waals surface area contributed by atoms with E-state index in [1.54, 1.807) is 32.2 Å². The van der Waals surface area contributed by atoms with Crippen molar-refractivity contribution < 1.29 is 28.1 Å². The van der Waals surface area contributed by atoms with Crippen molar-refractivity contribution in [2.24, 2.45) is 0 Å². The maximum atomic E-state index is 13.8. The first kappa shape index (κ1) is 27.1. The zero-order chi connectivity index (χ0) is 27.2. The van der Waals surface area contributed by atoms with Crippen LogP contribution >= 0.6 is 0 Å². The van der Waals surface area contributed by atoms with Gasteiger partial charge in [-0.25, -0.2) is 14.4 Å². The summed E-state index contributed by atoms with van der Waals surface area (Å²) in [5, 5.41) is 3.98. The average Bonchev–Trinajstić information content (AvgIpc) is 3.34. The second-order valence-electron chi connectivity index (χ2n) is 9.71. The molecular weight excluding hydrogens is 503 g/mol. The number of methoxy groups -OCH3 is 1. The highest BCUT2D eigenvalue weighted by Gasteiger charge is 2.35. The Morgan fingerprint density at radius 3 is 2.69 bits per heavy atom. The van der Waals surface area contributed by atoms with Crippen molar-refractivity contribution in [2.45, 2.75) is 25.6 Å². The van der Waals surface area contributed by atoms with Crippen molar-refractivity contribution in [3.63, 3.8) is 0 Å². The molecule has 2 aliphatic rings. The van der Waals surface area contributed by atoms with Gasteiger partial charge in [-0.1, -0.05) is 6.08 Å². The Kier molecular flexibility index (Phi) is 8.77. The number of hydrogen-bond donors (Lipinski definition) is 1. The number of aromatic nitrogens is 2. The van der Waals surface area contributed by atoms with E-state index in [4.69, 9.17) is 18.9 Å². The van der Waals surface area contributed by atoms with E-state index in [1.165, 1.54) is 12.4 Å². The van der Waals surface area contributed by atoms with E-state index in [9.17, 15) is 9.18 Å². The van der Waals surface area contributed by atoms with E-state index in [2.05, 4.69) is 20.2 Å². The van der Waals surface area contributed by atoms with Gasteiger partial charge in [-0.15, -0.1) is 0 Å². The van der Waals surface area contributed by atoms with E-state index in [1.807, 2.05) is 18.2 Å². The van der Waals surface area contributed by atoms with E-state index in [-0.39, 0.29) is 30.2 Å². The number of halogens is 1. The van der Waals surface area contributed by atoms with Crippen LogP contribution < -0.4 is 10.1 Å². The van der Waals surface area contributed by atoms with E-state index >= 15 is 0 Å². The number of carbonyl (C=O) groups excluding carboxylic acids is 1. The Bertz CT molecular complexity index is 1340. The molecule has 10 heteroatoms. The number of carbonyl (C=O) groups is 1. The number of rotatable bonds is 11. The largest absolute Gasteiger partial charge is 0.491 e. The minimum atomic E-state index is -0.274. The normalized spacial score (nSPS) is 19.5. The van der Waals surface area contributed by atoms with Crippen LogP contribution in [0.15, 0.2) is 48.8 Å². The Morgan fingerprint density at radius 1 is 1.15 bits per heavy atom. The smallest absolute Gasteiger partial charge is 0.159 e. The number of hydrogen-bond acceptors (Lipinski definition) is 9. The van der Waals surface area contributed by atoms with Gasteiger partial charge in [0.2, 0.25) is 0 Å². The van der Waals surface area contributed by atoms with Crippen molar-refractivity contribution in [1.82, 2.24) is 14.9 Å². The predicted octanol–water partition coefficient (Wildman–Crippen LogP) is 3.61. The first-order valence-electron chi connectivity index (χ1n) is 13.1. The highest BCUT2D eigenvalue weighted by atomic mass is 19.1. The molecule has 0 saturated carbocycles. The van der Waals surface area contributed by atoms with E-state index in [0.717, 1.165) is 24.0 Å². The molecule has 3 heterocycles. The fourth-order valence-corrected chi connectivity index (χ4v) is 4.86. The lowest BCUT2D eigenvalue weighted by molar-refractivity contribution is -0.116. The van der Waals surface area contributed by atoms with Gasteiger partial charge in [0.25, 0.3) is 0 Å². The predicted molar refractivity (Wildman–Crippen MR) is 145 cm³/mol. The van der Waals surface area contributed by atoms with Gasteiger partial charge in [0, 0.05) is 55.9 Å². The van der Waals surface area contributed by atoms with Gasteiger partial charge in [0.05, 0.1) is 37.5 Å². The number of ether oxygens (including phenoxy) is 4. The van der Waals surface area contributed by atoms with Crippen molar-refractivity contribution in [3.8, 4) is 5.75 Å². The topological polar surface area (TPSA) is 95.0 Å². The second-order valence-corrected chi connectivity index (χ2v) is 9.71. The van der Waals surface area contributed by atoms with Crippen LogP contribution in [0, 0.1) is 12.7 Å². The van der Waals surface area contributed by atoms with Crippen LogP contribution in [0.4, 0.5) is 15.9 Å². The van der Waals surface area contributed by atoms with Gasteiger partial charge in [-0.3, -0.25) is 9.69 Å². The van der Waals surface area contributed by atoms with Crippen LogP contribution in [-0.4, -0.2) is 86.0 Å². The zero-order valence-electron chi connectivity index (χ0n) is 22.2. The van der Waals surface area contributed by atoms with Crippen LogP contribution in [0.25, 0.3) is 10.9 Å². The van der Waals surface area contributed by atoms with Crippen molar-refractivity contribution in [2.75, 3.05) is 58.5 Å². The molecule has 2 atom stereocenters. The van der Waals surface area contributed by atoms with Gasteiger partial charge in [0.15, 0.2) is 5.78 Å². The minimum absolute atomic E-state index is 0.0458. The molecule has 206 valence electrons. The molecule has 39 heavy (non-hydrogen) atoms. The molecule has 9 nitrogen and oxygen atoms in total. The highest BCUT2D eigenvalue weighted by Crippen LogP contribution is 2.31. The van der Waals surface area contributed by atoms with E-state index in [0.29, 0.717) is 61.3 Å². The molecular formula is C29H33FN4O5. The molecule has 0 radical (unpaired) electrons. The average molecular weight is 537 g/mol. The number of nitrogens with zero attached hydrogens (tertiary/aromatic N) is 3. The third kappa shape index (κ3) is 6.77. The minimum Gasteiger partial charge on any atom is -0.491 e. The summed E-state index contributed by atoms with van der Waals surface area (Å²) in [5.74, 6) is 0.806. The molecule has 0 spiro atoms. The monoisotopic (exact) mass is 536 g/mol. The summed E-state index contributed by atoms with van der Waals surface area (Å²) < 4.78 is 36.4. The fraction of sp³-hybridized carbons (Fsp3) is 0.414. The molecule has 3 aromatic rings. The summed E-state index contributed by atoms with van der Waals surface area (Å²) in [5.41, 5.74) is 2.60. The van der Waals surface area contributed by atoms with Gasteiger partial charge in [-0.2, -0.15) is 0 Å². The molecule has 0 amide bonds. The maximum Gasteiger partial charge on any atom is 0.159 e. The number of benzene rings is 2. The Labute approximate surface area is 226 Å². The molecule has 0 bridgehead atoms. The molecule has 1 aromatic heterocycles. The van der Waals surface area contributed by atoms with Crippen molar-refractivity contribution in [1.29, 1.82) is 0 Å². The molecule has 0 unspecified atom stereocenters. The highest BCUT2D eigenvalue weighted by molar-refractivity contribution is 5.96. The number of nitrogens with one attached hydrogen (secondary N) is 1. The second kappa shape index (κ2) is 12.6. The standard InChI is InChI=1S/C29H33FN4O5/c1-19-12-21(5-6-24(19)30)33-29-23-14-20(26(37-9-8-36-2)15-25(23)31-18-32-29)13-22(35)4-3-7-34-16-27-28(17-34)39-11-10-38-27/h3-6,12,14-15,18,27-28H,7-11,13,16-17H2,1-2H3,(H,31,32,33)/b4-3+/t27-,28-/m0/s1. The van der Waals surface area contributed by atoms with Crippen LogP contribution in [0.5, 0.6) is 5.75 Å². The number of ketones is 1. The molecule has 2 fully saturated rings. The van der Waals surface area contributed by atoms with Crippen LogP contribution in [0.2, 0.25) is 0 Å². The zero-order valence-corrected chi connectivity index (χ0v) is 22.2. The molecule has 0 aliphatic carbocycles. The lowest BCUT2D eigenvalue weighted by Crippen LogP contribution is -2.36. The summed E-state index contributed by atoms with van der Waals surface area (Å²) in [6.45, 7) is 5.98. The Balaban J connectivity index is 1.33. The maximum absolute atomic E-state index is 13.8. The van der Waals surface area contributed by atoms with Gasteiger partial charge in [-0.05, 0) is 42.8 Å². The third-order valence-corrected chi connectivity index (χ3v) is 6.85. The summed E-state index contributed by atoms with van der Waals surface area (Å²) in [4.78, 5) is 24.0. The lowest BCUT2D eigenvalue weighted by atomic mass is 10.0. The SMILES string of the molecule is COCCOc1cc2ncnc(Nc3ccc(F)c(C)c3)c2cc1CC(=O)/C=C/CN1C[C@@H]2OCCO[C@H]2C1. The molecule has 1 N–H and O–H groups in total. The van der Waals surface area contributed by atoms with Crippen LogP contribution in [0.1, 0.15) is 11.1 Å².